The van der Waals surface area contributed by atoms with Crippen LogP contribution in [-0.4, -0.2) is 48.9 Å². The summed E-state index contributed by atoms with van der Waals surface area (Å²) in [6, 6.07) is 4.38. The van der Waals surface area contributed by atoms with Crippen molar-refractivity contribution in [2.24, 2.45) is 5.73 Å². The molecule has 8 nitrogen and oxygen atoms in total. The molecule has 1 aromatic carbocycles. The van der Waals surface area contributed by atoms with Crippen molar-refractivity contribution >= 4 is 28.6 Å². The van der Waals surface area contributed by atoms with Gasteiger partial charge in [-0.2, -0.15) is 0 Å². The van der Waals surface area contributed by atoms with Crippen LogP contribution in [0.2, 0.25) is 0 Å². The Morgan fingerprint density at radius 1 is 1.19 bits per heavy atom. The molecule has 0 aliphatic heterocycles. The molecule has 0 saturated carbocycles. The number of likely N-dealkylation sites (N-methyl/N-ethyl adjacent to an activating group) is 2. The summed E-state index contributed by atoms with van der Waals surface area (Å²) >= 11 is 0. The van der Waals surface area contributed by atoms with Crippen LogP contribution in [0.1, 0.15) is 17.5 Å². The lowest BCUT2D eigenvalue weighted by Crippen LogP contribution is -2.50. The Morgan fingerprint density at radius 2 is 1.92 bits per heavy atom. The lowest BCUT2D eigenvalue weighted by atomic mass is 10.0. The molecule has 2 unspecified atom stereocenters. The third-order valence-electron chi connectivity index (χ3n) is 4.40. The molecule has 0 aliphatic rings. The molecular formula is C18H25N5O3. The lowest BCUT2D eigenvalue weighted by Gasteiger charge is -2.19. The van der Waals surface area contributed by atoms with Gasteiger partial charge in [0.1, 0.15) is 6.04 Å². The summed E-state index contributed by atoms with van der Waals surface area (Å²) in [5.74, 6) is -1.35. The predicted octanol–water partition coefficient (Wildman–Crippen LogP) is -0.287. The van der Waals surface area contributed by atoms with Crippen LogP contribution in [-0.2, 0) is 20.8 Å². The van der Waals surface area contributed by atoms with Gasteiger partial charge in [-0.25, -0.2) is 0 Å². The Morgan fingerprint density at radius 3 is 2.54 bits per heavy atom. The lowest BCUT2D eigenvalue weighted by molar-refractivity contribution is -0.130. The second kappa shape index (κ2) is 8.48. The minimum atomic E-state index is -0.782. The molecule has 26 heavy (non-hydrogen) atoms. The summed E-state index contributed by atoms with van der Waals surface area (Å²) in [5.41, 5.74) is 8.24. The Balaban J connectivity index is 2.18. The number of H-pyrrole nitrogens is 1. The fourth-order valence-corrected chi connectivity index (χ4v) is 3.00. The van der Waals surface area contributed by atoms with Gasteiger partial charge in [-0.05, 0) is 31.2 Å². The molecule has 1 aromatic heterocycles. The maximum Gasteiger partial charge on any atom is 0.242 e. The van der Waals surface area contributed by atoms with Crippen LogP contribution in [0.15, 0.2) is 24.4 Å². The molecule has 0 aliphatic carbocycles. The van der Waals surface area contributed by atoms with Crippen LogP contribution in [0.25, 0.3) is 10.9 Å². The normalized spacial score (nSPS) is 13.2. The van der Waals surface area contributed by atoms with Crippen LogP contribution < -0.4 is 21.7 Å². The summed E-state index contributed by atoms with van der Waals surface area (Å²) in [6.45, 7) is 2.00. The van der Waals surface area contributed by atoms with Gasteiger partial charge in [-0.1, -0.05) is 12.1 Å². The summed E-state index contributed by atoms with van der Waals surface area (Å²) < 4.78 is 0. The van der Waals surface area contributed by atoms with E-state index in [2.05, 4.69) is 20.9 Å². The topological polar surface area (TPSA) is 129 Å². The second-order valence-electron chi connectivity index (χ2n) is 6.20. The van der Waals surface area contributed by atoms with E-state index < -0.39 is 23.9 Å². The first-order valence-electron chi connectivity index (χ1n) is 8.40. The number of amides is 3. The number of hydrogen-bond donors (Lipinski definition) is 5. The second-order valence-corrected chi connectivity index (χ2v) is 6.20. The van der Waals surface area contributed by atoms with Crippen molar-refractivity contribution in [2.75, 3.05) is 14.1 Å². The summed E-state index contributed by atoms with van der Waals surface area (Å²) in [7, 11) is 3.06. The quantitative estimate of drug-likeness (QED) is 0.444. The minimum Gasteiger partial charge on any atom is -0.368 e. The van der Waals surface area contributed by atoms with Gasteiger partial charge in [0.2, 0.25) is 17.7 Å². The van der Waals surface area contributed by atoms with Crippen molar-refractivity contribution in [3.63, 3.8) is 0 Å². The van der Waals surface area contributed by atoms with Crippen LogP contribution in [0.3, 0.4) is 0 Å². The van der Waals surface area contributed by atoms with Gasteiger partial charge in [0.25, 0.3) is 0 Å². The number of rotatable bonds is 8. The number of hydrogen-bond acceptors (Lipinski definition) is 4. The van der Waals surface area contributed by atoms with Crippen molar-refractivity contribution in [1.82, 2.24) is 20.9 Å². The van der Waals surface area contributed by atoms with E-state index in [4.69, 9.17) is 5.73 Å². The molecule has 0 spiro atoms. The highest BCUT2D eigenvalue weighted by molar-refractivity contribution is 5.92. The number of carbonyl (C=O) groups is 3. The Hall–Kier alpha value is -2.87. The van der Waals surface area contributed by atoms with Crippen molar-refractivity contribution in [3.8, 4) is 0 Å². The maximum absolute atomic E-state index is 12.3. The molecule has 0 fully saturated rings. The average molecular weight is 359 g/mol. The monoisotopic (exact) mass is 359 g/mol. The van der Waals surface area contributed by atoms with E-state index >= 15 is 0 Å². The van der Waals surface area contributed by atoms with E-state index in [0.29, 0.717) is 6.42 Å². The fraction of sp³-hybridized carbons (Fsp3) is 0.389. The highest BCUT2D eigenvalue weighted by Gasteiger charge is 2.24. The Bertz CT molecular complexity index is 814. The molecule has 2 aromatic rings. The van der Waals surface area contributed by atoms with Crippen molar-refractivity contribution in [3.05, 3.63) is 35.5 Å². The highest BCUT2D eigenvalue weighted by Crippen LogP contribution is 2.23. The fourth-order valence-electron chi connectivity index (χ4n) is 3.00. The molecule has 2 atom stereocenters. The van der Waals surface area contributed by atoms with Gasteiger partial charge in [0.05, 0.1) is 12.5 Å². The number of fused-ring (bicyclic) bond motifs is 1. The first-order chi connectivity index (χ1) is 12.4. The van der Waals surface area contributed by atoms with E-state index in [9.17, 15) is 14.4 Å². The molecule has 140 valence electrons. The minimum absolute atomic E-state index is 0.133. The molecular weight excluding hydrogens is 334 g/mol. The van der Waals surface area contributed by atoms with Crippen LogP contribution in [0, 0.1) is 6.92 Å². The van der Waals surface area contributed by atoms with Crippen LogP contribution in [0.5, 0.6) is 0 Å². The van der Waals surface area contributed by atoms with E-state index in [1.165, 1.54) is 7.05 Å². The van der Waals surface area contributed by atoms with Gasteiger partial charge in [0, 0.05) is 30.6 Å². The number of aromatic nitrogens is 1. The van der Waals surface area contributed by atoms with E-state index in [1.54, 1.807) is 7.05 Å². The largest absolute Gasteiger partial charge is 0.368 e. The predicted molar refractivity (Wildman–Crippen MR) is 99.4 cm³/mol. The highest BCUT2D eigenvalue weighted by atomic mass is 16.2. The SMILES string of the molecule is CNC(=O)C(Cc1c[nH]c2cccc(C)c12)NC(=O)CC(NC)C(N)=O. The first kappa shape index (κ1) is 19.5. The third kappa shape index (κ3) is 4.40. The molecule has 1 heterocycles. The maximum atomic E-state index is 12.3. The zero-order valence-corrected chi connectivity index (χ0v) is 15.2. The molecule has 0 saturated heterocycles. The number of nitrogens with two attached hydrogens (primary N) is 1. The zero-order valence-electron chi connectivity index (χ0n) is 15.2. The third-order valence-corrected chi connectivity index (χ3v) is 4.40. The zero-order chi connectivity index (χ0) is 19.3. The number of aryl methyl sites for hydroxylation is 1. The standard InChI is InChI=1S/C18H25N5O3/c1-10-5-4-6-12-16(10)11(9-22-12)7-14(18(26)21-3)23-15(24)8-13(20-2)17(19)25/h4-6,9,13-14,20,22H,7-8H2,1-3H3,(H2,19,25)(H,21,26)(H,23,24). The van der Waals surface area contributed by atoms with Gasteiger partial charge in [-0.15, -0.1) is 0 Å². The average Bonchev–Trinajstić information content (AvgIpc) is 3.02. The van der Waals surface area contributed by atoms with Gasteiger partial charge < -0.3 is 26.7 Å². The van der Waals surface area contributed by atoms with E-state index in [-0.39, 0.29) is 12.3 Å². The molecule has 3 amide bonds. The summed E-state index contributed by atoms with van der Waals surface area (Å²) in [4.78, 5) is 39.0. The van der Waals surface area contributed by atoms with Crippen molar-refractivity contribution < 1.29 is 14.4 Å². The smallest absolute Gasteiger partial charge is 0.242 e. The molecule has 6 N–H and O–H groups in total. The Labute approximate surface area is 151 Å². The van der Waals surface area contributed by atoms with E-state index in [1.807, 2.05) is 31.3 Å². The number of carbonyl (C=O) groups excluding carboxylic acids is 3. The van der Waals surface area contributed by atoms with E-state index in [0.717, 1.165) is 22.0 Å². The number of primary amides is 1. The molecule has 0 radical (unpaired) electrons. The van der Waals surface area contributed by atoms with Crippen molar-refractivity contribution in [1.29, 1.82) is 0 Å². The molecule has 2 rings (SSSR count). The number of benzene rings is 1. The molecule has 8 heteroatoms. The molecule has 0 bridgehead atoms. The number of aromatic amines is 1. The van der Waals surface area contributed by atoms with Crippen LogP contribution in [0.4, 0.5) is 0 Å². The van der Waals surface area contributed by atoms with Crippen molar-refractivity contribution in [2.45, 2.75) is 31.8 Å². The first-order valence-corrected chi connectivity index (χ1v) is 8.40. The van der Waals surface area contributed by atoms with Gasteiger partial charge >= 0.3 is 0 Å². The van der Waals surface area contributed by atoms with Crippen LogP contribution >= 0.6 is 0 Å². The summed E-state index contributed by atoms with van der Waals surface area (Å²) in [6.07, 6.45) is 2.04. The van der Waals surface area contributed by atoms with Gasteiger partial charge in [-0.3, -0.25) is 14.4 Å². The number of nitrogens with one attached hydrogen (secondary N) is 4. The summed E-state index contributed by atoms with van der Waals surface area (Å²) in [5, 5.41) is 8.99. The Kier molecular flexibility index (Phi) is 6.35. The van der Waals surface area contributed by atoms with Gasteiger partial charge in [0.15, 0.2) is 0 Å².